The molecule has 18 heavy (non-hydrogen) atoms. The van der Waals surface area contributed by atoms with Crippen LogP contribution in [0.4, 0.5) is 0 Å². The number of nitrogens with zero attached hydrogens (tertiary/aromatic N) is 1. The summed E-state index contributed by atoms with van der Waals surface area (Å²) in [6, 6.07) is 10.8. The molecule has 2 rings (SSSR count). The molecule has 1 aromatic rings. The predicted octanol–water partition coefficient (Wildman–Crippen LogP) is 3.03. The lowest BCUT2D eigenvalue weighted by Gasteiger charge is -2.34. The van der Waals surface area contributed by atoms with Crippen molar-refractivity contribution >= 4 is 0 Å². The topological polar surface area (TPSA) is 29.3 Å². The van der Waals surface area contributed by atoms with Crippen LogP contribution in [0.3, 0.4) is 0 Å². The Labute approximate surface area is 111 Å². The van der Waals surface area contributed by atoms with Gasteiger partial charge in [-0.1, -0.05) is 30.3 Å². The number of rotatable bonds is 4. The van der Waals surface area contributed by atoms with E-state index >= 15 is 0 Å². The highest BCUT2D eigenvalue weighted by Crippen LogP contribution is 2.25. The van der Waals surface area contributed by atoms with Gasteiger partial charge in [-0.2, -0.15) is 0 Å². The molecule has 1 saturated heterocycles. The highest BCUT2D eigenvalue weighted by Gasteiger charge is 2.23. The van der Waals surface area contributed by atoms with Crippen LogP contribution in [0.2, 0.25) is 0 Å². The van der Waals surface area contributed by atoms with Gasteiger partial charge in [0.15, 0.2) is 0 Å². The third kappa shape index (κ3) is 4.43. The number of likely N-dealkylation sites (tertiary alicyclic amines) is 1. The summed E-state index contributed by atoms with van der Waals surface area (Å²) in [5, 5.41) is 0. The summed E-state index contributed by atoms with van der Waals surface area (Å²) in [5.74, 6) is 0.817. The Bertz CT molecular complexity index is 345. The zero-order chi connectivity index (χ0) is 13.0. The Morgan fingerprint density at radius 2 is 1.78 bits per heavy atom. The zero-order valence-electron chi connectivity index (χ0n) is 11.7. The second-order valence-corrected chi connectivity index (χ2v) is 6.40. The molecule has 1 aromatic carbocycles. The molecule has 100 valence electrons. The van der Waals surface area contributed by atoms with Crippen LogP contribution < -0.4 is 5.73 Å². The van der Waals surface area contributed by atoms with E-state index in [9.17, 15) is 0 Å². The van der Waals surface area contributed by atoms with Gasteiger partial charge in [-0.15, -0.1) is 0 Å². The van der Waals surface area contributed by atoms with E-state index in [1.54, 1.807) is 0 Å². The molecule has 2 N–H and O–H groups in total. The van der Waals surface area contributed by atoms with E-state index in [4.69, 9.17) is 5.73 Å². The lowest BCUT2D eigenvalue weighted by molar-refractivity contribution is 0.159. The molecule has 0 unspecified atom stereocenters. The molecular weight excluding hydrogens is 220 g/mol. The Kier molecular flexibility index (Phi) is 4.41. The molecule has 0 saturated carbocycles. The highest BCUT2D eigenvalue weighted by molar-refractivity contribution is 5.14. The minimum Gasteiger partial charge on any atom is -0.326 e. The van der Waals surface area contributed by atoms with Gasteiger partial charge >= 0.3 is 0 Å². The van der Waals surface area contributed by atoms with Crippen molar-refractivity contribution in [2.24, 2.45) is 11.7 Å². The molecule has 0 radical (unpaired) electrons. The summed E-state index contributed by atoms with van der Waals surface area (Å²) in [5.41, 5.74) is 7.53. The second-order valence-electron chi connectivity index (χ2n) is 6.40. The van der Waals surface area contributed by atoms with E-state index in [2.05, 4.69) is 49.1 Å². The van der Waals surface area contributed by atoms with Crippen LogP contribution >= 0.6 is 0 Å². The molecule has 0 aromatic heterocycles. The number of nitrogens with two attached hydrogens (primary N) is 1. The average Bonchev–Trinajstić information content (AvgIpc) is 2.31. The highest BCUT2D eigenvalue weighted by atomic mass is 15.1. The fourth-order valence-electron chi connectivity index (χ4n) is 2.93. The van der Waals surface area contributed by atoms with Crippen molar-refractivity contribution in [1.82, 2.24) is 4.90 Å². The first-order chi connectivity index (χ1) is 8.53. The predicted molar refractivity (Wildman–Crippen MR) is 77.3 cm³/mol. The molecule has 1 aliphatic heterocycles. The lowest BCUT2D eigenvalue weighted by Crippen LogP contribution is -2.39. The smallest absolute Gasteiger partial charge is 0.0233 e. The molecule has 0 amide bonds. The maximum absolute atomic E-state index is 6.11. The van der Waals surface area contributed by atoms with Gasteiger partial charge in [0.25, 0.3) is 0 Å². The maximum atomic E-state index is 6.11. The van der Waals surface area contributed by atoms with Crippen molar-refractivity contribution in [3.05, 3.63) is 35.9 Å². The molecule has 2 heteroatoms. The molecule has 2 nitrogen and oxygen atoms in total. The molecule has 0 spiro atoms. The third-order valence-corrected chi connectivity index (χ3v) is 3.77. The van der Waals surface area contributed by atoms with Gasteiger partial charge < -0.3 is 5.73 Å². The second kappa shape index (κ2) is 5.85. The van der Waals surface area contributed by atoms with Gasteiger partial charge in [0.2, 0.25) is 0 Å². The monoisotopic (exact) mass is 246 g/mol. The van der Waals surface area contributed by atoms with E-state index in [1.807, 2.05) is 0 Å². The van der Waals surface area contributed by atoms with Crippen LogP contribution in [0.5, 0.6) is 0 Å². The summed E-state index contributed by atoms with van der Waals surface area (Å²) >= 11 is 0. The summed E-state index contributed by atoms with van der Waals surface area (Å²) in [7, 11) is 0. The van der Waals surface area contributed by atoms with Crippen molar-refractivity contribution < 1.29 is 0 Å². The average molecular weight is 246 g/mol. The first-order valence-electron chi connectivity index (χ1n) is 7.08. The van der Waals surface area contributed by atoms with E-state index in [1.165, 1.54) is 31.5 Å². The third-order valence-electron chi connectivity index (χ3n) is 3.77. The fraction of sp³-hybridized carbons (Fsp3) is 0.625. The van der Waals surface area contributed by atoms with Crippen molar-refractivity contribution in [3.63, 3.8) is 0 Å². The van der Waals surface area contributed by atoms with Crippen LogP contribution in [0.15, 0.2) is 30.3 Å². The summed E-state index contributed by atoms with van der Waals surface area (Å²) in [6.45, 7) is 7.82. The van der Waals surface area contributed by atoms with Gasteiger partial charge in [-0.05, 0) is 57.7 Å². The molecule has 1 heterocycles. The molecule has 1 aliphatic rings. The van der Waals surface area contributed by atoms with Gasteiger partial charge in [-0.3, -0.25) is 4.90 Å². The van der Waals surface area contributed by atoms with Crippen LogP contribution in [-0.4, -0.2) is 23.5 Å². The van der Waals surface area contributed by atoms with Crippen LogP contribution in [0.1, 0.15) is 38.7 Å². The SMILES string of the molecule is CC(C)(N)CC1CCN(Cc2ccccc2)CC1. The molecular formula is C16H26N2. The zero-order valence-corrected chi connectivity index (χ0v) is 11.7. The lowest BCUT2D eigenvalue weighted by atomic mass is 9.85. The first-order valence-corrected chi connectivity index (χ1v) is 7.08. The first kappa shape index (κ1) is 13.6. The van der Waals surface area contributed by atoms with E-state index in [0.29, 0.717) is 0 Å². The largest absolute Gasteiger partial charge is 0.326 e. The normalized spacial score (nSPS) is 19.1. The molecule has 0 bridgehead atoms. The molecule has 0 aliphatic carbocycles. The summed E-state index contributed by atoms with van der Waals surface area (Å²) in [4.78, 5) is 2.56. The van der Waals surface area contributed by atoms with Crippen molar-refractivity contribution in [3.8, 4) is 0 Å². The Balaban J connectivity index is 1.77. The Morgan fingerprint density at radius 3 is 2.33 bits per heavy atom. The minimum atomic E-state index is -0.00767. The Hall–Kier alpha value is -0.860. The number of benzene rings is 1. The number of hydrogen-bond acceptors (Lipinski definition) is 2. The maximum Gasteiger partial charge on any atom is 0.0233 e. The summed E-state index contributed by atoms with van der Waals surface area (Å²) in [6.07, 6.45) is 3.76. The summed E-state index contributed by atoms with van der Waals surface area (Å²) < 4.78 is 0. The van der Waals surface area contributed by atoms with Crippen molar-refractivity contribution in [2.45, 2.75) is 45.2 Å². The number of piperidine rings is 1. The van der Waals surface area contributed by atoms with Crippen molar-refractivity contribution in [1.29, 1.82) is 0 Å². The van der Waals surface area contributed by atoms with E-state index in [-0.39, 0.29) is 5.54 Å². The van der Waals surface area contributed by atoms with Gasteiger partial charge in [0.1, 0.15) is 0 Å². The van der Waals surface area contributed by atoms with Gasteiger partial charge in [-0.25, -0.2) is 0 Å². The standard InChI is InChI=1S/C16H26N2/c1-16(2,17)12-14-8-10-18(11-9-14)13-15-6-4-3-5-7-15/h3-7,14H,8-13,17H2,1-2H3. The van der Waals surface area contributed by atoms with Crippen LogP contribution in [0, 0.1) is 5.92 Å². The molecule has 1 fully saturated rings. The van der Waals surface area contributed by atoms with E-state index < -0.39 is 0 Å². The molecule has 0 atom stereocenters. The minimum absolute atomic E-state index is 0.00767. The quantitative estimate of drug-likeness (QED) is 0.885. The van der Waals surface area contributed by atoms with Crippen LogP contribution in [-0.2, 0) is 6.54 Å². The van der Waals surface area contributed by atoms with Gasteiger partial charge in [0, 0.05) is 12.1 Å². The number of hydrogen-bond donors (Lipinski definition) is 1. The van der Waals surface area contributed by atoms with Crippen LogP contribution in [0.25, 0.3) is 0 Å². The van der Waals surface area contributed by atoms with E-state index in [0.717, 1.165) is 18.9 Å². The Morgan fingerprint density at radius 1 is 1.17 bits per heavy atom. The van der Waals surface area contributed by atoms with Crippen molar-refractivity contribution in [2.75, 3.05) is 13.1 Å². The fourth-order valence-corrected chi connectivity index (χ4v) is 2.93. The van der Waals surface area contributed by atoms with Gasteiger partial charge in [0.05, 0.1) is 0 Å².